The Bertz CT molecular complexity index is 625. The van der Waals surface area contributed by atoms with E-state index in [1.54, 1.807) is 0 Å². The molecule has 26 heavy (non-hydrogen) atoms. The van der Waals surface area contributed by atoms with Crippen molar-refractivity contribution in [2.45, 2.75) is 44.8 Å². The Kier molecular flexibility index (Phi) is 6.33. The smallest absolute Gasteiger partial charge is 0.321 e. The van der Waals surface area contributed by atoms with Gasteiger partial charge in [-0.05, 0) is 44.7 Å². The van der Waals surface area contributed by atoms with Gasteiger partial charge in [-0.15, -0.1) is 0 Å². The minimum absolute atomic E-state index is 0.106. The van der Waals surface area contributed by atoms with Crippen molar-refractivity contribution in [3.05, 3.63) is 24.3 Å². The summed E-state index contributed by atoms with van der Waals surface area (Å²) in [5.41, 5.74) is 0. The molecule has 7 nitrogen and oxygen atoms in total. The fourth-order valence-electron chi connectivity index (χ4n) is 3.01. The van der Waals surface area contributed by atoms with Crippen molar-refractivity contribution in [1.82, 2.24) is 15.5 Å². The summed E-state index contributed by atoms with van der Waals surface area (Å²) >= 11 is 0. The Morgan fingerprint density at radius 1 is 1.12 bits per heavy atom. The van der Waals surface area contributed by atoms with Crippen LogP contribution in [0.1, 0.15) is 32.6 Å². The minimum Gasteiger partial charge on any atom is -0.490 e. The fourth-order valence-corrected chi connectivity index (χ4v) is 3.01. The molecule has 0 atom stereocenters. The van der Waals surface area contributed by atoms with Crippen molar-refractivity contribution in [3.8, 4) is 11.5 Å². The molecule has 2 aliphatic rings. The van der Waals surface area contributed by atoms with Crippen LogP contribution >= 0.6 is 0 Å². The lowest BCUT2D eigenvalue weighted by molar-refractivity contribution is -0.121. The highest BCUT2D eigenvalue weighted by Gasteiger charge is 2.26. The Hall–Kier alpha value is -2.28. The highest BCUT2D eigenvalue weighted by molar-refractivity contribution is 5.95. The maximum Gasteiger partial charge on any atom is 0.321 e. The summed E-state index contributed by atoms with van der Waals surface area (Å²) in [4.78, 5) is 25.6. The number of para-hydroxylation sites is 2. The number of benzene rings is 1. The van der Waals surface area contributed by atoms with Gasteiger partial charge in [0.15, 0.2) is 11.5 Å². The number of carbonyl (C=O) groups excluding carboxylic acids is 2. The molecule has 2 N–H and O–H groups in total. The number of likely N-dealkylation sites (tertiary alicyclic amines) is 1. The number of amides is 3. The average molecular weight is 361 g/mol. The molecule has 1 saturated carbocycles. The molecule has 1 aromatic carbocycles. The summed E-state index contributed by atoms with van der Waals surface area (Å²) < 4.78 is 11.7. The average Bonchev–Trinajstić information content (AvgIpc) is 3.42. The molecule has 3 rings (SSSR count). The van der Waals surface area contributed by atoms with Crippen LogP contribution < -0.4 is 20.1 Å². The zero-order valence-electron chi connectivity index (χ0n) is 15.2. The van der Waals surface area contributed by atoms with E-state index in [9.17, 15) is 9.59 Å². The molecule has 1 aliphatic heterocycles. The van der Waals surface area contributed by atoms with Gasteiger partial charge < -0.3 is 14.8 Å². The third-order valence-electron chi connectivity index (χ3n) is 4.51. The van der Waals surface area contributed by atoms with Crippen LogP contribution in [0.3, 0.4) is 0 Å². The molecule has 0 spiro atoms. The molecule has 0 bridgehead atoms. The van der Waals surface area contributed by atoms with Crippen molar-refractivity contribution in [2.75, 3.05) is 26.2 Å². The number of nitrogens with one attached hydrogen (secondary N) is 2. The van der Waals surface area contributed by atoms with Crippen LogP contribution in [0.25, 0.3) is 0 Å². The zero-order chi connectivity index (χ0) is 18.4. The van der Waals surface area contributed by atoms with E-state index < -0.39 is 0 Å². The summed E-state index contributed by atoms with van der Waals surface area (Å²) in [5, 5.41) is 5.14. The number of imide groups is 1. The lowest BCUT2D eigenvalue weighted by Gasteiger charge is -2.31. The number of nitrogens with zero attached hydrogens (tertiary/aromatic N) is 1. The van der Waals surface area contributed by atoms with Gasteiger partial charge in [0.05, 0.1) is 13.2 Å². The number of piperidine rings is 1. The molecule has 1 aromatic rings. The minimum atomic E-state index is -0.386. The van der Waals surface area contributed by atoms with E-state index in [2.05, 4.69) is 10.6 Å². The first-order valence-corrected chi connectivity index (χ1v) is 9.35. The predicted octanol–water partition coefficient (Wildman–Crippen LogP) is 1.92. The van der Waals surface area contributed by atoms with Crippen LogP contribution in [-0.4, -0.2) is 55.2 Å². The van der Waals surface area contributed by atoms with Crippen LogP contribution in [0.5, 0.6) is 11.5 Å². The number of carbonyl (C=O) groups is 2. The molecule has 3 amide bonds. The van der Waals surface area contributed by atoms with Gasteiger partial charge in [-0.3, -0.25) is 15.0 Å². The van der Waals surface area contributed by atoms with Gasteiger partial charge in [0.25, 0.3) is 0 Å². The van der Waals surface area contributed by atoms with Crippen molar-refractivity contribution in [2.24, 2.45) is 0 Å². The van der Waals surface area contributed by atoms with Gasteiger partial charge in [0, 0.05) is 19.1 Å². The van der Waals surface area contributed by atoms with Gasteiger partial charge in [0.1, 0.15) is 6.10 Å². The van der Waals surface area contributed by atoms with Crippen molar-refractivity contribution in [3.63, 3.8) is 0 Å². The second kappa shape index (κ2) is 8.89. The standard InChI is InChI=1S/C19H27N3O4/c1-2-25-16-5-3-4-6-17(16)26-15-9-11-22(12-10-15)13-18(23)21-19(24)20-14-7-8-14/h3-6,14-15H,2,7-13H2,1H3,(H2,20,21,23,24). The van der Waals surface area contributed by atoms with E-state index in [4.69, 9.17) is 9.47 Å². The lowest BCUT2D eigenvalue weighted by Crippen LogP contribution is -2.47. The van der Waals surface area contributed by atoms with E-state index in [1.807, 2.05) is 36.1 Å². The van der Waals surface area contributed by atoms with E-state index in [1.165, 1.54) is 0 Å². The summed E-state index contributed by atoms with van der Waals surface area (Å²) in [6.45, 7) is 4.31. The normalized spacial score (nSPS) is 18.2. The van der Waals surface area contributed by atoms with Gasteiger partial charge in [-0.1, -0.05) is 12.1 Å². The molecule has 142 valence electrons. The SMILES string of the molecule is CCOc1ccccc1OC1CCN(CC(=O)NC(=O)NC2CC2)CC1. The van der Waals surface area contributed by atoms with Gasteiger partial charge in [-0.25, -0.2) is 4.79 Å². The Balaban J connectivity index is 1.40. The topological polar surface area (TPSA) is 79.9 Å². The molecule has 1 aliphatic carbocycles. The third kappa shape index (κ3) is 5.62. The number of ether oxygens (including phenoxy) is 2. The largest absolute Gasteiger partial charge is 0.490 e. The summed E-state index contributed by atoms with van der Waals surface area (Å²) in [5.74, 6) is 1.27. The van der Waals surface area contributed by atoms with Gasteiger partial charge in [0.2, 0.25) is 5.91 Å². The zero-order valence-corrected chi connectivity index (χ0v) is 15.2. The molecular formula is C19H27N3O4. The summed E-state index contributed by atoms with van der Waals surface area (Å²) in [6.07, 6.45) is 3.78. The Morgan fingerprint density at radius 3 is 2.46 bits per heavy atom. The van der Waals surface area contributed by atoms with Crippen molar-refractivity contribution in [1.29, 1.82) is 0 Å². The second-order valence-corrected chi connectivity index (χ2v) is 6.77. The number of hydrogen-bond donors (Lipinski definition) is 2. The first kappa shape index (κ1) is 18.5. The fraction of sp³-hybridized carbons (Fsp3) is 0.579. The molecule has 0 radical (unpaired) electrons. The number of hydrogen-bond acceptors (Lipinski definition) is 5. The number of urea groups is 1. The maximum absolute atomic E-state index is 12.0. The first-order chi connectivity index (χ1) is 12.6. The van der Waals surface area contributed by atoms with Crippen LogP contribution in [0, 0.1) is 0 Å². The highest BCUT2D eigenvalue weighted by Crippen LogP contribution is 2.29. The second-order valence-electron chi connectivity index (χ2n) is 6.77. The monoisotopic (exact) mass is 361 g/mol. The molecule has 2 fully saturated rings. The van der Waals surface area contributed by atoms with Crippen molar-refractivity contribution >= 4 is 11.9 Å². The van der Waals surface area contributed by atoms with Gasteiger partial charge >= 0.3 is 6.03 Å². The summed E-state index contributed by atoms with van der Waals surface area (Å²) in [6, 6.07) is 7.55. The predicted molar refractivity (Wildman–Crippen MR) is 97.4 cm³/mol. The molecule has 0 unspecified atom stereocenters. The lowest BCUT2D eigenvalue weighted by atomic mass is 10.1. The highest BCUT2D eigenvalue weighted by atomic mass is 16.5. The van der Waals surface area contributed by atoms with Crippen LogP contribution in [0.15, 0.2) is 24.3 Å². The molecule has 7 heteroatoms. The number of rotatable bonds is 7. The van der Waals surface area contributed by atoms with Gasteiger partial charge in [-0.2, -0.15) is 0 Å². The van der Waals surface area contributed by atoms with Crippen LogP contribution in [0.4, 0.5) is 4.79 Å². The van der Waals surface area contributed by atoms with Crippen LogP contribution in [0.2, 0.25) is 0 Å². The van der Waals surface area contributed by atoms with Crippen LogP contribution in [-0.2, 0) is 4.79 Å². The maximum atomic E-state index is 12.0. The summed E-state index contributed by atoms with van der Waals surface area (Å²) in [7, 11) is 0. The Labute approximate surface area is 154 Å². The molecule has 1 heterocycles. The Morgan fingerprint density at radius 2 is 1.81 bits per heavy atom. The molecular weight excluding hydrogens is 334 g/mol. The quantitative estimate of drug-likeness (QED) is 0.776. The molecule has 1 saturated heterocycles. The molecule has 0 aromatic heterocycles. The van der Waals surface area contributed by atoms with E-state index in [0.717, 1.165) is 50.3 Å². The van der Waals surface area contributed by atoms with E-state index >= 15 is 0 Å². The van der Waals surface area contributed by atoms with E-state index in [-0.39, 0.29) is 30.6 Å². The van der Waals surface area contributed by atoms with Crippen molar-refractivity contribution < 1.29 is 19.1 Å². The van der Waals surface area contributed by atoms with E-state index in [0.29, 0.717) is 6.61 Å². The first-order valence-electron chi connectivity index (χ1n) is 9.35. The third-order valence-corrected chi connectivity index (χ3v) is 4.51.